The molecule has 1 unspecified atom stereocenters. The Balaban J connectivity index is 1.82. The minimum Gasteiger partial charge on any atom is -0.356 e. The Morgan fingerprint density at radius 2 is 1.76 bits per heavy atom. The van der Waals surface area contributed by atoms with Crippen molar-refractivity contribution in [1.29, 1.82) is 0 Å². The van der Waals surface area contributed by atoms with Gasteiger partial charge in [0.1, 0.15) is 0 Å². The first-order valence-corrected chi connectivity index (χ1v) is 10.6. The number of amides is 2. The topological polar surface area (TPSA) is 62.3 Å². The summed E-state index contributed by atoms with van der Waals surface area (Å²) in [5.41, 5.74) is 2.82. The summed E-state index contributed by atoms with van der Waals surface area (Å²) in [6, 6.07) is 12.4. The van der Waals surface area contributed by atoms with E-state index in [1.54, 1.807) is 12.4 Å². The Bertz CT molecular complexity index is 820. The van der Waals surface area contributed by atoms with E-state index in [1.807, 2.05) is 30.9 Å². The number of carbonyl (C=O) groups excluding carboxylic acids is 2. The molecule has 1 fully saturated rings. The first-order chi connectivity index (χ1) is 14.1. The van der Waals surface area contributed by atoms with E-state index in [0.29, 0.717) is 25.9 Å². The van der Waals surface area contributed by atoms with Crippen LogP contribution in [0.4, 0.5) is 0 Å². The standard InChI is InChI=1S/C24H31N3O2/c1-3-6-22(28)27-16-5-13-24(18-27,23(29)26-4-2)17-19-7-9-20(10-8-19)21-11-14-25-15-12-21/h7-12,14-15H,3-6,13,16-18H2,1-2H3,(H,26,29). The van der Waals surface area contributed by atoms with Gasteiger partial charge in [-0.1, -0.05) is 31.2 Å². The molecule has 0 aliphatic carbocycles. The van der Waals surface area contributed by atoms with Gasteiger partial charge >= 0.3 is 0 Å². The van der Waals surface area contributed by atoms with Crippen molar-refractivity contribution in [2.24, 2.45) is 5.41 Å². The number of hydrogen-bond acceptors (Lipinski definition) is 3. The first kappa shape index (κ1) is 21.0. The number of carbonyl (C=O) groups is 2. The Kier molecular flexibility index (Phi) is 7.02. The van der Waals surface area contributed by atoms with Gasteiger partial charge in [-0.05, 0) is 61.4 Å². The number of aromatic nitrogens is 1. The predicted octanol–water partition coefficient (Wildman–Crippen LogP) is 3.84. The zero-order valence-electron chi connectivity index (χ0n) is 17.5. The van der Waals surface area contributed by atoms with Gasteiger partial charge in [0.05, 0.1) is 5.41 Å². The van der Waals surface area contributed by atoms with Gasteiger partial charge in [-0.3, -0.25) is 14.6 Å². The van der Waals surface area contributed by atoms with Crippen molar-refractivity contribution in [3.63, 3.8) is 0 Å². The summed E-state index contributed by atoms with van der Waals surface area (Å²) >= 11 is 0. The molecule has 1 aromatic heterocycles. The summed E-state index contributed by atoms with van der Waals surface area (Å²) in [7, 11) is 0. The molecule has 29 heavy (non-hydrogen) atoms. The fraction of sp³-hybridized carbons (Fsp3) is 0.458. The average Bonchev–Trinajstić information content (AvgIpc) is 2.75. The number of nitrogens with zero attached hydrogens (tertiary/aromatic N) is 2. The number of hydrogen-bond donors (Lipinski definition) is 1. The normalized spacial score (nSPS) is 19.0. The van der Waals surface area contributed by atoms with E-state index in [-0.39, 0.29) is 11.8 Å². The van der Waals surface area contributed by atoms with Crippen LogP contribution < -0.4 is 5.32 Å². The van der Waals surface area contributed by atoms with Crippen molar-refractivity contribution < 1.29 is 9.59 Å². The summed E-state index contributed by atoms with van der Waals surface area (Å²) in [5.74, 6) is 0.223. The Hall–Kier alpha value is -2.69. The molecule has 5 heteroatoms. The van der Waals surface area contributed by atoms with Crippen LogP contribution in [0, 0.1) is 5.41 Å². The lowest BCUT2D eigenvalue weighted by Crippen LogP contribution is -2.54. The van der Waals surface area contributed by atoms with E-state index in [4.69, 9.17) is 0 Å². The molecule has 1 aliphatic rings. The van der Waals surface area contributed by atoms with Crippen LogP contribution in [0.15, 0.2) is 48.8 Å². The molecule has 1 aliphatic heterocycles. The highest BCUT2D eigenvalue weighted by Crippen LogP contribution is 2.35. The Morgan fingerprint density at radius 1 is 1.07 bits per heavy atom. The summed E-state index contributed by atoms with van der Waals surface area (Å²) in [4.78, 5) is 31.6. The number of rotatable bonds is 7. The quantitative estimate of drug-likeness (QED) is 0.777. The lowest BCUT2D eigenvalue weighted by Gasteiger charge is -2.42. The zero-order chi connectivity index (χ0) is 20.7. The van der Waals surface area contributed by atoms with E-state index in [9.17, 15) is 9.59 Å². The molecule has 5 nitrogen and oxygen atoms in total. The van der Waals surface area contributed by atoms with E-state index in [0.717, 1.165) is 42.5 Å². The van der Waals surface area contributed by atoms with Crippen LogP contribution in [-0.4, -0.2) is 41.3 Å². The number of nitrogens with one attached hydrogen (secondary N) is 1. The molecular weight excluding hydrogens is 362 g/mol. The summed E-state index contributed by atoms with van der Waals surface area (Å²) in [6.45, 7) is 5.82. The largest absolute Gasteiger partial charge is 0.356 e. The molecule has 0 saturated carbocycles. The highest BCUT2D eigenvalue weighted by molar-refractivity contribution is 5.85. The SMILES string of the molecule is CCCC(=O)N1CCCC(Cc2ccc(-c3ccncc3)cc2)(C(=O)NCC)C1. The van der Waals surface area contributed by atoms with Gasteiger partial charge in [-0.25, -0.2) is 0 Å². The van der Waals surface area contributed by atoms with Gasteiger partial charge < -0.3 is 10.2 Å². The number of benzene rings is 1. The van der Waals surface area contributed by atoms with Crippen LogP contribution in [0.3, 0.4) is 0 Å². The average molecular weight is 394 g/mol. The minimum atomic E-state index is -0.560. The van der Waals surface area contributed by atoms with Crippen LogP contribution >= 0.6 is 0 Å². The van der Waals surface area contributed by atoms with Crippen molar-refractivity contribution in [3.8, 4) is 11.1 Å². The lowest BCUT2D eigenvalue weighted by atomic mass is 9.74. The molecule has 2 heterocycles. The molecule has 1 aromatic carbocycles. The van der Waals surface area contributed by atoms with E-state index in [1.165, 1.54) is 0 Å². The smallest absolute Gasteiger partial charge is 0.228 e. The van der Waals surface area contributed by atoms with E-state index in [2.05, 4.69) is 34.6 Å². The maximum Gasteiger partial charge on any atom is 0.228 e. The van der Waals surface area contributed by atoms with Gasteiger partial charge in [0.25, 0.3) is 0 Å². The van der Waals surface area contributed by atoms with Crippen LogP contribution in [0.1, 0.15) is 45.1 Å². The van der Waals surface area contributed by atoms with Crippen LogP contribution in [0.2, 0.25) is 0 Å². The first-order valence-electron chi connectivity index (χ1n) is 10.6. The molecule has 2 amide bonds. The van der Waals surface area contributed by atoms with Crippen molar-refractivity contribution >= 4 is 11.8 Å². The lowest BCUT2D eigenvalue weighted by molar-refractivity contribution is -0.141. The molecule has 0 radical (unpaired) electrons. The molecule has 2 aromatic rings. The van der Waals surface area contributed by atoms with Gasteiger partial charge in [0.15, 0.2) is 0 Å². The molecular formula is C24H31N3O2. The van der Waals surface area contributed by atoms with Crippen molar-refractivity contribution in [2.75, 3.05) is 19.6 Å². The minimum absolute atomic E-state index is 0.0622. The number of likely N-dealkylation sites (tertiary alicyclic amines) is 1. The predicted molar refractivity (Wildman–Crippen MR) is 115 cm³/mol. The van der Waals surface area contributed by atoms with Crippen molar-refractivity contribution in [2.45, 2.75) is 46.0 Å². The molecule has 1 saturated heterocycles. The third-order valence-corrected chi connectivity index (χ3v) is 5.72. The third kappa shape index (κ3) is 5.03. The van der Waals surface area contributed by atoms with Crippen LogP contribution in [0.25, 0.3) is 11.1 Å². The second kappa shape index (κ2) is 9.68. The molecule has 1 N–H and O–H groups in total. The van der Waals surface area contributed by atoms with Crippen LogP contribution in [-0.2, 0) is 16.0 Å². The Morgan fingerprint density at radius 3 is 2.41 bits per heavy atom. The monoisotopic (exact) mass is 393 g/mol. The zero-order valence-corrected chi connectivity index (χ0v) is 17.5. The van der Waals surface area contributed by atoms with Crippen LogP contribution in [0.5, 0.6) is 0 Å². The molecule has 154 valence electrons. The highest BCUT2D eigenvalue weighted by atomic mass is 16.2. The van der Waals surface area contributed by atoms with Crippen molar-refractivity contribution in [1.82, 2.24) is 15.2 Å². The third-order valence-electron chi connectivity index (χ3n) is 5.72. The fourth-order valence-electron chi connectivity index (χ4n) is 4.22. The van der Waals surface area contributed by atoms with Gasteiger partial charge in [0, 0.05) is 38.4 Å². The second-order valence-corrected chi connectivity index (χ2v) is 7.92. The second-order valence-electron chi connectivity index (χ2n) is 7.92. The van der Waals surface area contributed by atoms with Gasteiger partial charge in [-0.15, -0.1) is 0 Å². The fourth-order valence-corrected chi connectivity index (χ4v) is 4.22. The van der Waals surface area contributed by atoms with E-state index >= 15 is 0 Å². The van der Waals surface area contributed by atoms with Gasteiger partial charge in [-0.2, -0.15) is 0 Å². The number of piperidine rings is 1. The van der Waals surface area contributed by atoms with E-state index < -0.39 is 5.41 Å². The maximum absolute atomic E-state index is 13.1. The maximum atomic E-state index is 13.1. The highest BCUT2D eigenvalue weighted by Gasteiger charge is 2.43. The molecule has 0 bridgehead atoms. The van der Waals surface area contributed by atoms with Gasteiger partial charge in [0.2, 0.25) is 11.8 Å². The summed E-state index contributed by atoms with van der Waals surface area (Å²) in [6.07, 6.45) is 7.27. The molecule has 1 atom stereocenters. The summed E-state index contributed by atoms with van der Waals surface area (Å²) in [5, 5.41) is 3.02. The molecule has 3 rings (SSSR count). The van der Waals surface area contributed by atoms with Crippen molar-refractivity contribution in [3.05, 3.63) is 54.4 Å². The Labute approximate surface area is 173 Å². The number of pyridine rings is 1. The molecule has 0 spiro atoms. The summed E-state index contributed by atoms with van der Waals surface area (Å²) < 4.78 is 0.